The zero-order valence-corrected chi connectivity index (χ0v) is 16.6. The predicted molar refractivity (Wildman–Crippen MR) is 110 cm³/mol. The summed E-state index contributed by atoms with van der Waals surface area (Å²) in [7, 11) is 0. The molecule has 3 aromatic rings. The van der Waals surface area contributed by atoms with E-state index >= 15 is 0 Å². The number of rotatable bonds is 5. The van der Waals surface area contributed by atoms with E-state index in [0.29, 0.717) is 24.4 Å². The maximum atomic E-state index is 14.4. The lowest BCUT2D eigenvalue weighted by Gasteiger charge is -2.12. The first-order valence-electron chi connectivity index (χ1n) is 9.25. The number of pyridine rings is 1. The van der Waals surface area contributed by atoms with Gasteiger partial charge < -0.3 is 15.6 Å². The van der Waals surface area contributed by atoms with Crippen LogP contribution in [0.25, 0.3) is 0 Å². The van der Waals surface area contributed by atoms with Gasteiger partial charge in [-0.3, -0.25) is 5.32 Å². The summed E-state index contributed by atoms with van der Waals surface area (Å²) in [4.78, 5) is 16.1. The molecular formula is C21H24FN5O2. The van der Waals surface area contributed by atoms with Crippen molar-refractivity contribution in [1.29, 1.82) is 0 Å². The Bertz CT molecular complexity index is 1010. The van der Waals surface area contributed by atoms with Gasteiger partial charge in [-0.25, -0.2) is 14.2 Å². The molecule has 0 bridgehead atoms. The van der Waals surface area contributed by atoms with E-state index < -0.39 is 11.8 Å². The van der Waals surface area contributed by atoms with Crippen LogP contribution in [0.5, 0.6) is 0 Å². The zero-order chi connectivity index (χ0) is 21.0. The number of hydrogen-bond acceptors (Lipinski definition) is 5. The number of urea groups is 1. The summed E-state index contributed by atoms with van der Waals surface area (Å²) >= 11 is 0. The van der Waals surface area contributed by atoms with Gasteiger partial charge in [0.25, 0.3) is 0 Å². The summed E-state index contributed by atoms with van der Waals surface area (Å²) in [5.41, 5.74) is 8.09. The van der Waals surface area contributed by atoms with Crippen LogP contribution >= 0.6 is 0 Å². The second-order valence-corrected chi connectivity index (χ2v) is 7.81. The molecule has 8 heteroatoms. The molecular weight excluding hydrogens is 373 g/mol. The van der Waals surface area contributed by atoms with Crippen molar-refractivity contribution in [1.82, 2.24) is 10.1 Å². The fourth-order valence-corrected chi connectivity index (χ4v) is 2.71. The summed E-state index contributed by atoms with van der Waals surface area (Å²) in [6.07, 6.45) is 3.00. The van der Waals surface area contributed by atoms with Gasteiger partial charge in [0.15, 0.2) is 0 Å². The lowest BCUT2D eigenvalue weighted by molar-refractivity contribution is 0.261. The Labute approximate surface area is 168 Å². The van der Waals surface area contributed by atoms with Crippen LogP contribution in [0.3, 0.4) is 0 Å². The molecule has 0 fully saturated rings. The number of hydrogen-bond donors (Lipinski definition) is 3. The fraction of sp³-hybridized carbons (Fsp3) is 0.286. The fourth-order valence-electron chi connectivity index (χ4n) is 2.71. The number of amides is 2. The van der Waals surface area contributed by atoms with Gasteiger partial charge in [0.2, 0.25) is 5.88 Å². The number of halogens is 1. The van der Waals surface area contributed by atoms with Crippen molar-refractivity contribution >= 4 is 23.4 Å². The standard InChI is InChI=1S/C21H24FN5O2/c1-21(2,3)17-12-19(29-27-17)26-20(28)25-16-7-6-13(10-15(16)22)4-5-14-8-9-24-18(23)11-14/h6-12H,4-5H2,1-3H3,(H2,23,24)(H2,25,26,28). The number of nitrogens with zero attached hydrogens (tertiary/aromatic N) is 2. The Morgan fingerprint density at radius 2 is 1.83 bits per heavy atom. The first kappa shape index (κ1) is 20.3. The number of nitrogens with two attached hydrogens (primary N) is 1. The van der Waals surface area contributed by atoms with E-state index in [1.54, 1.807) is 24.4 Å². The van der Waals surface area contributed by atoms with E-state index in [1.165, 1.54) is 12.1 Å². The molecule has 0 aliphatic heterocycles. The Morgan fingerprint density at radius 3 is 2.45 bits per heavy atom. The maximum Gasteiger partial charge on any atom is 0.326 e. The highest BCUT2D eigenvalue weighted by atomic mass is 19.1. The van der Waals surface area contributed by atoms with Gasteiger partial charge in [-0.1, -0.05) is 32.0 Å². The molecule has 7 nitrogen and oxygen atoms in total. The average molecular weight is 397 g/mol. The summed E-state index contributed by atoms with van der Waals surface area (Å²) in [6.45, 7) is 5.94. The molecule has 0 saturated carbocycles. The molecule has 0 unspecified atom stereocenters. The summed E-state index contributed by atoms with van der Waals surface area (Å²) in [6, 6.07) is 9.42. The quantitative estimate of drug-likeness (QED) is 0.587. The molecule has 0 aliphatic rings. The molecule has 2 amide bonds. The van der Waals surface area contributed by atoms with E-state index in [1.807, 2.05) is 26.8 Å². The summed E-state index contributed by atoms with van der Waals surface area (Å²) in [5, 5.41) is 8.91. The number of nitrogen functional groups attached to an aromatic ring is 1. The minimum atomic E-state index is -0.611. The second-order valence-electron chi connectivity index (χ2n) is 7.81. The van der Waals surface area contributed by atoms with Gasteiger partial charge in [0.05, 0.1) is 11.4 Å². The molecule has 0 radical (unpaired) electrons. The van der Waals surface area contributed by atoms with Crippen molar-refractivity contribution in [2.45, 2.75) is 39.0 Å². The van der Waals surface area contributed by atoms with Crippen molar-refractivity contribution in [3.63, 3.8) is 0 Å². The molecule has 1 aromatic carbocycles. The molecule has 0 aliphatic carbocycles. The van der Waals surface area contributed by atoms with E-state index in [9.17, 15) is 9.18 Å². The van der Waals surface area contributed by atoms with Crippen LogP contribution in [0.2, 0.25) is 0 Å². The van der Waals surface area contributed by atoms with Crippen LogP contribution in [0.1, 0.15) is 37.6 Å². The molecule has 4 N–H and O–H groups in total. The molecule has 0 atom stereocenters. The molecule has 29 heavy (non-hydrogen) atoms. The van der Waals surface area contributed by atoms with Gasteiger partial charge in [-0.15, -0.1) is 0 Å². The highest BCUT2D eigenvalue weighted by molar-refractivity contribution is 5.99. The van der Waals surface area contributed by atoms with Crippen molar-refractivity contribution in [3.05, 3.63) is 65.2 Å². The number of anilines is 3. The van der Waals surface area contributed by atoms with E-state index in [2.05, 4.69) is 20.8 Å². The minimum Gasteiger partial charge on any atom is -0.384 e. The van der Waals surface area contributed by atoms with Crippen molar-refractivity contribution in [2.75, 3.05) is 16.4 Å². The monoisotopic (exact) mass is 397 g/mol. The lowest BCUT2D eigenvalue weighted by Crippen LogP contribution is -2.20. The Kier molecular flexibility index (Phi) is 5.81. The van der Waals surface area contributed by atoms with Gasteiger partial charge >= 0.3 is 6.03 Å². The number of nitrogens with one attached hydrogen (secondary N) is 2. The van der Waals surface area contributed by atoms with E-state index in [0.717, 1.165) is 11.1 Å². The van der Waals surface area contributed by atoms with Crippen LogP contribution in [0.4, 0.5) is 26.6 Å². The smallest absolute Gasteiger partial charge is 0.326 e. The topological polar surface area (TPSA) is 106 Å². The highest BCUT2D eigenvalue weighted by Crippen LogP contribution is 2.24. The van der Waals surface area contributed by atoms with Crippen LogP contribution < -0.4 is 16.4 Å². The third kappa shape index (κ3) is 5.54. The van der Waals surface area contributed by atoms with Crippen LogP contribution in [-0.2, 0) is 18.3 Å². The van der Waals surface area contributed by atoms with Crippen molar-refractivity contribution in [2.24, 2.45) is 0 Å². The first-order chi connectivity index (χ1) is 13.7. The predicted octanol–water partition coefficient (Wildman–Crippen LogP) is 4.52. The molecule has 152 valence electrons. The van der Waals surface area contributed by atoms with Crippen LogP contribution in [0, 0.1) is 5.82 Å². The second kappa shape index (κ2) is 8.30. The number of carbonyl (C=O) groups is 1. The zero-order valence-electron chi connectivity index (χ0n) is 16.6. The van der Waals surface area contributed by atoms with Gasteiger partial charge in [-0.2, -0.15) is 0 Å². The highest BCUT2D eigenvalue weighted by Gasteiger charge is 2.20. The minimum absolute atomic E-state index is 0.0787. The van der Waals surface area contributed by atoms with Crippen molar-refractivity contribution in [3.8, 4) is 0 Å². The normalized spacial score (nSPS) is 11.3. The van der Waals surface area contributed by atoms with E-state index in [-0.39, 0.29) is 17.0 Å². The third-order valence-electron chi connectivity index (χ3n) is 4.34. The average Bonchev–Trinajstić information content (AvgIpc) is 3.11. The molecule has 0 spiro atoms. The number of carbonyl (C=O) groups excluding carboxylic acids is 1. The van der Waals surface area contributed by atoms with Crippen LogP contribution in [-0.4, -0.2) is 16.2 Å². The SMILES string of the molecule is CC(C)(C)c1cc(NC(=O)Nc2ccc(CCc3ccnc(N)c3)cc2F)on1. The molecule has 3 rings (SSSR count). The number of benzene rings is 1. The lowest BCUT2D eigenvalue weighted by atomic mass is 9.92. The van der Waals surface area contributed by atoms with Crippen LogP contribution in [0.15, 0.2) is 47.1 Å². The number of aryl methyl sites for hydroxylation is 2. The van der Waals surface area contributed by atoms with Gasteiger partial charge in [0.1, 0.15) is 11.6 Å². The largest absolute Gasteiger partial charge is 0.384 e. The van der Waals surface area contributed by atoms with Gasteiger partial charge in [-0.05, 0) is 48.2 Å². The number of aromatic nitrogens is 2. The van der Waals surface area contributed by atoms with Crippen molar-refractivity contribution < 1.29 is 13.7 Å². The van der Waals surface area contributed by atoms with E-state index in [4.69, 9.17) is 10.3 Å². The molecule has 2 aromatic heterocycles. The Balaban J connectivity index is 1.58. The summed E-state index contributed by atoms with van der Waals surface area (Å²) < 4.78 is 19.5. The third-order valence-corrected chi connectivity index (χ3v) is 4.34. The first-order valence-corrected chi connectivity index (χ1v) is 9.25. The Hall–Kier alpha value is -3.42. The molecule has 2 heterocycles. The molecule has 0 saturated heterocycles. The Morgan fingerprint density at radius 1 is 1.10 bits per heavy atom. The van der Waals surface area contributed by atoms with Gasteiger partial charge in [0, 0.05) is 17.7 Å². The summed E-state index contributed by atoms with van der Waals surface area (Å²) in [5.74, 6) is 0.140. The maximum absolute atomic E-state index is 14.4.